The highest BCUT2D eigenvalue weighted by Gasteiger charge is 2.07. The van der Waals surface area contributed by atoms with E-state index < -0.39 is 0 Å². The molecule has 4 rings (SSSR count). The molecule has 1 heterocycles. The number of amides is 1. The molecule has 0 spiro atoms. The number of rotatable bonds is 7. The average Bonchev–Trinajstić information content (AvgIpc) is 3.38. The van der Waals surface area contributed by atoms with E-state index in [-0.39, 0.29) is 5.91 Å². The first-order valence-electron chi connectivity index (χ1n) is 10.5. The minimum atomic E-state index is -0.285. The molecule has 4 aromatic rings. The maximum absolute atomic E-state index is 12.6. The zero-order valence-corrected chi connectivity index (χ0v) is 18.7. The predicted octanol–water partition coefficient (Wildman–Crippen LogP) is 4.01. The molecule has 0 aliphatic heterocycles. The van der Waals surface area contributed by atoms with Crippen LogP contribution in [0.2, 0.25) is 0 Å². The average molecular weight is 441 g/mol. The highest BCUT2D eigenvalue weighted by atomic mass is 16.5. The minimum Gasteiger partial charge on any atom is -0.489 e. The summed E-state index contributed by atoms with van der Waals surface area (Å²) in [5, 5.41) is 15.4. The smallest absolute Gasteiger partial charge is 0.271 e. The zero-order chi connectivity index (χ0) is 23.2. The Hall–Kier alpha value is -4.33. The molecule has 1 N–H and O–H groups in total. The van der Waals surface area contributed by atoms with Crippen molar-refractivity contribution in [1.29, 1.82) is 0 Å². The first kappa shape index (κ1) is 21.9. The first-order chi connectivity index (χ1) is 16.0. The lowest BCUT2D eigenvalue weighted by molar-refractivity contribution is 0.0954. The van der Waals surface area contributed by atoms with E-state index in [1.54, 1.807) is 10.7 Å². The zero-order valence-electron chi connectivity index (χ0n) is 18.7. The molecule has 1 amide bonds. The molecule has 0 radical (unpaired) electrons. The predicted molar refractivity (Wildman–Crippen MR) is 126 cm³/mol. The molecular formula is C25H24N6O2. The molecule has 8 heteroatoms. The SMILES string of the molecule is CC(=NNC(=O)c1cccc(COc2ccc(C)c(C)c2)c1)c1ccc(-n2cnnn2)cc1. The lowest BCUT2D eigenvalue weighted by Gasteiger charge is -2.09. The number of carbonyl (C=O) groups excluding carboxylic acids is 1. The number of hydrogen-bond acceptors (Lipinski definition) is 6. The molecule has 1 aromatic heterocycles. The van der Waals surface area contributed by atoms with Gasteiger partial charge in [0.05, 0.1) is 11.4 Å². The van der Waals surface area contributed by atoms with E-state index in [0.717, 1.165) is 22.6 Å². The first-order valence-corrected chi connectivity index (χ1v) is 10.5. The third-order valence-corrected chi connectivity index (χ3v) is 5.30. The summed E-state index contributed by atoms with van der Waals surface area (Å²) in [6.07, 6.45) is 1.52. The molecule has 0 fully saturated rings. The number of tetrazole rings is 1. The van der Waals surface area contributed by atoms with E-state index in [0.29, 0.717) is 17.9 Å². The Morgan fingerprint density at radius 3 is 2.55 bits per heavy atom. The molecule has 0 unspecified atom stereocenters. The number of nitrogens with one attached hydrogen (secondary N) is 1. The number of hydrazone groups is 1. The van der Waals surface area contributed by atoms with Crippen LogP contribution in [0.4, 0.5) is 0 Å². The Morgan fingerprint density at radius 1 is 1.00 bits per heavy atom. The number of hydrogen-bond donors (Lipinski definition) is 1. The Kier molecular flexibility index (Phi) is 6.54. The van der Waals surface area contributed by atoms with Crippen molar-refractivity contribution < 1.29 is 9.53 Å². The number of aromatic nitrogens is 4. The Bertz CT molecular complexity index is 1280. The Balaban J connectivity index is 1.37. The standard InChI is InChI=1S/C25H24N6O2/c1-17-7-12-24(13-18(17)2)33-15-20-5-4-6-22(14-20)25(32)28-27-19(3)21-8-10-23(11-9-21)31-16-26-29-30-31/h4-14,16H,15H2,1-3H3,(H,28,32). The molecule has 0 aliphatic rings. The van der Waals surface area contributed by atoms with Gasteiger partial charge in [-0.15, -0.1) is 5.10 Å². The van der Waals surface area contributed by atoms with Gasteiger partial charge in [0.1, 0.15) is 18.7 Å². The third kappa shape index (κ3) is 5.48. The summed E-state index contributed by atoms with van der Waals surface area (Å²) in [5.41, 5.74) is 8.84. The fourth-order valence-corrected chi connectivity index (χ4v) is 3.17. The molecule has 33 heavy (non-hydrogen) atoms. The summed E-state index contributed by atoms with van der Waals surface area (Å²) in [6.45, 7) is 6.33. The molecule has 0 saturated carbocycles. The minimum absolute atomic E-state index is 0.285. The van der Waals surface area contributed by atoms with Gasteiger partial charge in [0.25, 0.3) is 5.91 Å². The number of aryl methyl sites for hydroxylation is 2. The van der Waals surface area contributed by atoms with Crippen molar-refractivity contribution in [3.8, 4) is 11.4 Å². The van der Waals surface area contributed by atoms with Gasteiger partial charge in [-0.25, -0.2) is 10.1 Å². The number of ether oxygens (including phenoxy) is 1. The van der Waals surface area contributed by atoms with Crippen LogP contribution in [0.3, 0.4) is 0 Å². The van der Waals surface area contributed by atoms with E-state index in [1.165, 1.54) is 17.5 Å². The van der Waals surface area contributed by atoms with Gasteiger partial charge in [-0.2, -0.15) is 5.10 Å². The van der Waals surface area contributed by atoms with E-state index in [2.05, 4.69) is 39.9 Å². The monoisotopic (exact) mass is 440 g/mol. The maximum Gasteiger partial charge on any atom is 0.271 e. The van der Waals surface area contributed by atoms with Gasteiger partial charge in [-0.1, -0.05) is 30.3 Å². The van der Waals surface area contributed by atoms with Crippen LogP contribution in [0.1, 0.15) is 39.5 Å². The second kappa shape index (κ2) is 9.86. The van der Waals surface area contributed by atoms with Crippen LogP contribution in [0.25, 0.3) is 5.69 Å². The quantitative estimate of drug-likeness (QED) is 0.346. The summed E-state index contributed by atoms with van der Waals surface area (Å²) in [6, 6.07) is 20.9. The molecule has 0 saturated heterocycles. The van der Waals surface area contributed by atoms with Gasteiger partial charge >= 0.3 is 0 Å². The van der Waals surface area contributed by atoms with Crippen LogP contribution in [-0.2, 0) is 6.61 Å². The van der Waals surface area contributed by atoms with Gasteiger partial charge < -0.3 is 4.74 Å². The van der Waals surface area contributed by atoms with Gasteiger partial charge in [-0.3, -0.25) is 4.79 Å². The number of carbonyl (C=O) groups is 1. The van der Waals surface area contributed by atoms with Crippen molar-refractivity contribution in [2.45, 2.75) is 27.4 Å². The molecule has 3 aromatic carbocycles. The van der Waals surface area contributed by atoms with Crippen LogP contribution in [0, 0.1) is 13.8 Å². The largest absolute Gasteiger partial charge is 0.489 e. The van der Waals surface area contributed by atoms with E-state index >= 15 is 0 Å². The van der Waals surface area contributed by atoms with Gasteiger partial charge in [0, 0.05) is 5.56 Å². The van der Waals surface area contributed by atoms with Crippen molar-refractivity contribution in [2.75, 3.05) is 0 Å². The second-order valence-corrected chi connectivity index (χ2v) is 7.67. The molecule has 8 nitrogen and oxygen atoms in total. The van der Waals surface area contributed by atoms with Crippen LogP contribution in [0.5, 0.6) is 5.75 Å². The highest BCUT2D eigenvalue weighted by molar-refractivity contribution is 6.01. The normalized spacial score (nSPS) is 11.3. The van der Waals surface area contributed by atoms with Crippen molar-refractivity contribution in [2.24, 2.45) is 5.10 Å². The summed E-state index contributed by atoms with van der Waals surface area (Å²) < 4.78 is 7.45. The topological polar surface area (TPSA) is 94.3 Å². The maximum atomic E-state index is 12.6. The summed E-state index contributed by atoms with van der Waals surface area (Å²) >= 11 is 0. The summed E-state index contributed by atoms with van der Waals surface area (Å²) in [7, 11) is 0. The van der Waals surface area contributed by atoms with Crippen molar-refractivity contribution in [3.05, 3.63) is 101 Å². The molecule has 0 aliphatic carbocycles. The molecular weight excluding hydrogens is 416 g/mol. The van der Waals surface area contributed by atoms with Crippen molar-refractivity contribution >= 4 is 11.6 Å². The lowest BCUT2D eigenvalue weighted by Crippen LogP contribution is -2.19. The summed E-state index contributed by atoms with van der Waals surface area (Å²) in [4.78, 5) is 12.6. The molecule has 0 atom stereocenters. The highest BCUT2D eigenvalue weighted by Crippen LogP contribution is 2.18. The molecule has 166 valence electrons. The fourth-order valence-electron chi connectivity index (χ4n) is 3.17. The third-order valence-electron chi connectivity index (χ3n) is 5.30. The Morgan fingerprint density at radius 2 is 1.82 bits per heavy atom. The van der Waals surface area contributed by atoms with E-state index in [9.17, 15) is 4.79 Å². The fraction of sp³-hybridized carbons (Fsp3) is 0.160. The van der Waals surface area contributed by atoms with E-state index in [1.807, 2.05) is 67.6 Å². The van der Waals surface area contributed by atoms with Gasteiger partial charge in [0.15, 0.2) is 0 Å². The van der Waals surface area contributed by atoms with Crippen LogP contribution >= 0.6 is 0 Å². The lowest BCUT2D eigenvalue weighted by atomic mass is 10.1. The van der Waals surface area contributed by atoms with Crippen molar-refractivity contribution in [3.63, 3.8) is 0 Å². The van der Waals surface area contributed by atoms with E-state index in [4.69, 9.17) is 4.74 Å². The number of nitrogens with zero attached hydrogens (tertiary/aromatic N) is 5. The Labute approximate surface area is 191 Å². The number of benzene rings is 3. The van der Waals surface area contributed by atoms with Crippen LogP contribution in [0.15, 0.2) is 78.2 Å². The van der Waals surface area contributed by atoms with Gasteiger partial charge in [-0.05, 0) is 89.8 Å². The van der Waals surface area contributed by atoms with Gasteiger partial charge in [0.2, 0.25) is 0 Å². The van der Waals surface area contributed by atoms with Crippen LogP contribution in [-0.4, -0.2) is 31.8 Å². The van der Waals surface area contributed by atoms with Crippen LogP contribution < -0.4 is 10.2 Å². The molecule has 0 bridgehead atoms. The second-order valence-electron chi connectivity index (χ2n) is 7.67. The van der Waals surface area contributed by atoms with Crippen molar-refractivity contribution in [1.82, 2.24) is 25.6 Å². The summed E-state index contributed by atoms with van der Waals surface area (Å²) in [5.74, 6) is 0.520.